The number of fused-ring (bicyclic) bond motifs is 1. The molecular weight excluding hydrogens is 272 g/mol. The number of aromatic carboxylic acids is 1. The number of furan rings is 1. The van der Waals surface area contributed by atoms with Crippen molar-refractivity contribution in [2.75, 3.05) is 13.2 Å². The molecule has 3 N–H and O–H groups in total. The lowest BCUT2D eigenvalue weighted by molar-refractivity contribution is -0.0479. The number of benzene rings is 1. The number of aliphatic hydroxyl groups is 1. The highest BCUT2D eigenvalue weighted by Crippen LogP contribution is 2.26. The van der Waals surface area contributed by atoms with Gasteiger partial charge in [-0.15, -0.1) is 0 Å². The summed E-state index contributed by atoms with van der Waals surface area (Å²) >= 11 is 0. The number of carboxylic acid groups (broad SMARTS) is 1. The fraction of sp³-hybridized carbons (Fsp3) is 0.308. The summed E-state index contributed by atoms with van der Waals surface area (Å²) in [6.07, 6.45) is 0. The number of rotatable bonds is 6. The first-order chi connectivity index (χ1) is 9.44. The molecule has 0 saturated carbocycles. The third-order valence-electron chi connectivity index (χ3n) is 2.78. The first kappa shape index (κ1) is 14.4. The molecule has 2 rings (SSSR count). The number of aliphatic hydroxyl groups excluding tert-OH is 1. The van der Waals surface area contributed by atoms with Crippen molar-refractivity contribution >= 4 is 16.9 Å². The number of hydrogen-bond acceptors (Lipinski definition) is 4. The van der Waals surface area contributed by atoms with Gasteiger partial charge in [0.2, 0.25) is 0 Å². The Labute approximate surface area is 112 Å². The van der Waals surface area contributed by atoms with Crippen LogP contribution in [0.5, 0.6) is 0 Å². The average Bonchev–Trinajstić information content (AvgIpc) is 2.76. The summed E-state index contributed by atoms with van der Waals surface area (Å²) in [7, 11) is 0. The summed E-state index contributed by atoms with van der Waals surface area (Å²) in [5, 5.41) is 20.4. The molecule has 0 saturated heterocycles. The fourth-order valence-corrected chi connectivity index (χ4v) is 1.87. The number of carboxylic acids is 1. The Morgan fingerprint density at radius 2 is 2.05 bits per heavy atom. The zero-order chi connectivity index (χ0) is 14.8. The minimum Gasteiger partial charge on any atom is -0.478 e. The van der Waals surface area contributed by atoms with Crippen molar-refractivity contribution in [2.24, 2.45) is 0 Å². The second-order valence-electron chi connectivity index (χ2n) is 4.32. The van der Waals surface area contributed by atoms with E-state index >= 15 is 0 Å². The van der Waals surface area contributed by atoms with Crippen LogP contribution in [0.3, 0.4) is 0 Å². The van der Waals surface area contributed by atoms with Gasteiger partial charge < -0.3 is 19.9 Å². The van der Waals surface area contributed by atoms with Crippen molar-refractivity contribution in [2.45, 2.75) is 12.5 Å². The average molecular weight is 285 g/mol. The van der Waals surface area contributed by atoms with E-state index in [0.717, 1.165) is 0 Å². The molecule has 0 spiro atoms. The van der Waals surface area contributed by atoms with Crippen LogP contribution in [0.2, 0.25) is 0 Å². The largest absolute Gasteiger partial charge is 0.478 e. The number of halogens is 2. The molecule has 5 nitrogen and oxygen atoms in total. The SMILES string of the molecule is O=C(O)c1c(CNCC(F)(F)CO)oc2ccccc12. The van der Waals surface area contributed by atoms with Gasteiger partial charge in [0.25, 0.3) is 5.92 Å². The minimum atomic E-state index is -3.25. The van der Waals surface area contributed by atoms with Crippen molar-refractivity contribution < 1.29 is 28.2 Å². The molecule has 108 valence electrons. The molecule has 20 heavy (non-hydrogen) atoms. The first-order valence-corrected chi connectivity index (χ1v) is 5.88. The molecule has 1 aromatic carbocycles. The van der Waals surface area contributed by atoms with Gasteiger partial charge in [-0.25, -0.2) is 13.6 Å². The van der Waals surface area contributed by atoms with Gasteiger partial charge in [-0.05, 0) is 6.07 Å². The van der Waals surface area contributed by atoms with Crippen LogP contribution in [-0.4, -0.2) is 35.3 Å². The van der Waals surface area contributed by atoms with Crippen molar-refractivity contribution in [3.05, 3.63) is 35.6 Å². The Hall–Kier alpha value is -1.99. The van der Waals surface area contributed by atoms with Crippen molar-refractivity contribution in [3.8, 4) is 0 Å². The standard InChI is InChI=1S/C13H13F2NO4/c14-13(15,7-17)6-16-5-10-11(12(18)19)8-3-1-2-4-9(8)20-10/h1-4,16-17H,5-7H2,(H,18,19). The normalized spacial score (nSPS) is 11.9. The molecule has 0 fully saturated rings. The van der Waals surface area contributed by atoms with Crippen LogP contribution in [0.15, 0.2) is 28.7 Å². The van der Waals surface area contributed by atoms with Gasteiger partial charge >= 0.3 is 5.97 Å². The number of carbonyl (C=O) groups is 1. The molecule has 7 heteroatoms. The lowest BCUT2D eigenvalue weighted by Crippen LogP contribution is -2.35. The lowest BCUT2D eigenvalue weighted by atomic mass is 10.1. The van der Waals surface area contributed by atoms with Gasteiger partial charge in [0.1, 0.15) is 23.5 Å². The first-order valence-electron chi connectivity index (χ1n) is 5.88. The van der Waals surface area contributed by atoms with E-state index in [1.807, 2.05) is 0 Å². The Balaban J connectivity index is 2.21. The number of hydrogen-bond donors (Lipinski definition) is 3. The van der Waals surface area contributed by atoms with Crippen LogP contribution in [0.4, 0.5) is 8.78 Å². The fourth-order valence-electron chi connectivity index (χ4n) is 1.87. The summed E-state index contributed by atoms with van der Waals surface area (Å²) < 4.78 is 31.1. The minimum absolute atomic E-state index is 0.0413. The zero-order valence-electron chi connectivity index (χ0n) is 10.4. The Kier molecular flexibility index (Phi) is 4.01. The quantitative estimate of drug-likeness (QED) is 0.754. The highest BCUT2D eigenvalue weighted by atomic mass is 19.3. The molecule has 2 aromatic rings. The van der Waals surface area contributed by atoms with E-state index < -0.39 is 25.0 Å². The smallest absolute Gasteiger partial charge is 0.339 e. The molecule has 1 heterocycles. The van der Waals surface area contributed by atoms with Crippen LogP contribution in [0, 0.1) is 0 Å². The van der Waals surface area contributed by atoms with Crippen molar-refractivity contribution in [3.63, 3.8) is 0 Å². The molecule has 0 aliphatic rings. The van der Waals surface area contributed by atoms with E-state index in [9.17, 15) is 18.7 Å². The van der Waals surface area contributed by atoms with Crippen LogP contribution < -0.4 is 5.32 Å². The summed E-state index contributed by atoms with van der Waals surface area (Å²) in [4.78, 5) is 11.2. The predicted octanol–water partition coefficient (Wildman–Crippen LogP) is 1.85. The Morgan fingerprint density at radius 1 is 1.35 bits per heavy atom. The second-order valence-corrected chi connectivity index (χ2v) is 4.32. The van der Waals surface area contributed by atoms with Crippen molar-refractivity contribution in [1.29, 1.82) is 0 Å². The van der Waals surface area contributed by atoms with E-state index in [2.05, 4.69) is 5.32 Å². The van der Waals surface area contributed by atoms with E-state index in [4.69, 9.17) is 9.52 Å². The van der Waals surface area contributed by atoms with Crippen LogP contribution in [-0.2, 0) is 6.54 Å². The van der Waals surface area contributed by atoms with Crippen molar-refractivity contribution in [1.82, 2.24) is 5.32 Å². The molecule has 0 unspecified atom stereocenters. The van der Waals surface area contributed by atoms with E-state index in [-0.39, 0.29) is 17.9 Å². The highest BCUT2D eigenvalue weighted by Gasteiger charge is 2.27. The van der Waals surface area contributed by atoms with Gasteiger partial charge in [0.05, 0.1) is 13.1 Å². The summed E-state index contributed by atoms with van der Waals surface area (Å²) in [5.41, 5.74) is 0.344. The van der Waals surface area contributed by atoms with Gasteiger partial charge in [0.15, 0.2) is 0 Å². The molecule has 0 amide bonds. The maximum absolute atomic E-state index is 12.9. The third kappa shape index (κ3) is 2.94. The summed E-state index contributed by atoms with van der Waals surface area (Å²) in [5.74, 6) is -4.36. The Morgan fingerprint density at radius 3 is 2.70 bits per heavy atom. The number of para-hydroxylation sites is 1. The molecule has 0 radical (unpaired) electrons. The highest BCUT2D eigenvalue weighted by molar-refractivity contribution is 6.03. The van der Waals surface area contributed by atoms with E-state index in [1.165, 1.54) is 0 Å². The maximum atomic E-state index is 12.9. The van der Waals surface area contributed by atoms with Crippen LogP contribution >= 0.6 is 0 Å². The molecule has 1 aromatic heterocycles. The predicted molar refractivity (Wildman–Crippen MR) is 66.9 cm³/mol. The van der Waals surface area contributed by atoms with E-state index in [1.54, 1.807) is 24.3 Å². The second kappa shape index (κ2) is 5.56. The van der Waals surface area contributed by atoms with Gasteiger partial charge in [-0.3, -0.25) is 0 Å². The van der Waals surface area contributed by atoms with Crippen LogP contribution in [0.25, 0.3) is 11.0 Å². The van der Waals surface area contributed by atoms with Gasteiger partial charge in [-0.1, -0.05) is 18.2 Å². The summed E-state index contributed by atoms with van der Waals surface area (Å²) in [6.45, 7) is -2.20. The van der Waals surface area contributed by atoms with E-state index in [0.29, 0.717) is 11.0 Å². The van der Waals surface area contributed by atoms with Crippen LogP contribution in [0.1, 0.15) is 16.1 Å². The summed E-state index contributed by atoms with van der Waals surface area (Å²) in [6, 6.07) is 6.55. The maximum Gasteiger partial charge on any atom is 0.339 e. The Bertz CT molecular complexity index is 624. The lowest BCUT2D eigenvalue weighted by Gasteiger charge is -2.13. The zero-order valence-corrected chi connectivity index (χ0v) is 10.4. The number of nitrogens with one attached hydrogen (secondary N) is 1. The third-order valence-corrected chi connectivity index (χ3v) is 2.78. The molecule has 0 aliphatic heterocycles. The molecule has 0 atom stereocenters. The molecular formula is C13H13F2NO4. The monoisotopic (exact) mass is 285 g/mol. The molecule has 0 aliphatic carbocycles. The molecule has 0 bridgehead atoms. The van der Waals surface area contributed by atoms with Gasteiger partial charge in [0, 0.05) is 5.39 Å². The van der Waals surface area contributed by atoms with Gasteiger partial charge in [-0.2, -0.15) is 0 Å². The topological polar surface area (TPSA) is 82.7 Å². The number of alkyl halides is 2.